The molecule has 1 aliphatic heterocycles. The van der Waals surface area contributed by atoms with Crippen molar-refractivity contribution in [3.05, 3.63) is 52.3 Å². The van der Waals surface area contributed by atoms with Gasteiger partial charge in [0.2, 0.25) is 10.0 Å². The van der Waals surface area contributed by atoms with Gasteiger partial charge in [-0.25, -0.2) is 8.42 Å². The molecule has 1 saturated heterocycles. The summed E-state index contributed by atoms with van der Waals surface area (Å²) in [5, 5.41) is 20.1. The van der Waals surface area contributed by atoms with E-state index in [2.05, 4.69) is 0 Å². The van der Waals surface area contributed by atoms with E-state index >= 15 is 0 Å². The number of benzene rings is 1. The molecular formula is C25H32N2O6S. The SMILES string of the molecule is Cc1c(C(CO)c2ccccc2S(=O)(=O)N2CCCC2)c2c(n1CC(=O)O)CC(C)(C)CC2=O. The first-order chi connectivity index (χ1) is 16.0. The first-order valence-electron chi connectivity index (χ1n) is 11.6. The fraction of sp³-hybridized carbons (Fsp3) is 0.520. The number of carbonyl (C=O) groups is 2. The van der Waals surface area contributed by atoms with Crippen molar-refractivity contribution in [2.45, 2.75) is 63.8 Å². The second kappa shape index (κ2) is 8.94. The second-order valence-electron chi connectivity index (χ2n) is 10.1. The van der Waals surface area contributed by atoms with Gasteiger partial charge in [-0.05, 0) is 48.8 Å². The molecule has 1 fully saturated rings. The third-order valence-electron chi connectivity index (χ3n) is 7.04. The molecule has 1 unspecified atom stereocenters. The van der Waals surface area contributed by atoms with Crippen molar-refractivity contribution in [3.8, 4) is 0 Å². The molecular weight excluding hydrogens is 456 g/mol. The van der Waals surface area contributed by atoms with Gasteiger partial charge in [0.15, 0.2) is 5.78 Å². The number of carboxylic acids is 1. The first-order valence-corrected chi connectivity index (χ1v) is 13.1. The summed E-state index contributed by atoms with van der Waals surface area (Å²) in [4.78, 5) is 25.1. The van der Waals surface area contributed by atoms with Crippen LogP contribution in [-0.4, -0.2) is 59.0 Å². The number of nitrogens with zero attached hydrogens (tertiary/aromatic N) is 2. The lowest BCUT2D eigenvalue weighted by Crippen LogP contribution is -2.30. The molecule has 0 bridgehead atoms. The van der Waals surface area contributed by atoms with Gasteiger partial charge in [-0.1, -0.05) is 32.0 Å². The van der Waals surface area contributed by atoms with Crippen molar-refractivity contribution in [1.82, 2.24) is 8.87 Å². The molecule has 0 spiro atoms. The van der Waals surface area contributed by atoms with Crippen LogP contribution in [0.5, 0.6) is 0 Å². The standard InChI is InChI=1S/C25H32N2O6S/c1-16-23(24-19(27(16)14-22(30)31)12-25(2,3)13-20(24)29)18(15-28)17-8-4-5-9-21(17)34(32,33)26-10-6-7-11-26/h4-5,8-9,18,28H,6-7,10-15H2,1-3H3,(H,30,31). The van der Waals surface area contributed by atoms with E-state index in [9.17, 15) is 28.2 Å². The Labute approximate surface area is 200 Å². The van der Waals surface area contributed by atoms with Crippen molar-refractivity contribution in [2.24, 2.45) is 5.41 Å². The fourth-order valence-corrected chi connectivity index (χ4v) is 7.32. The van der Waals surface area contributed by atoms with Crippen LogP contribution in [0.4, 0.5) is 0 Å². The zero-order valence-electron chi connectivity index (χ0n) is 19.9. The molecule has 0 saturated carbocycles. The average molecular weight is 489 g/mol. The monoisotopic (exact) mass is 488 g/mol. The van der Waals surface area contributed by atoms with Gasteiger partial charge in [-0.15, -0.1) is 0 Å². The minimum atomic E-state index is -3.77. The minimum absolute atomic E-state index is 0.105. The van der Waals surface area contributed by atoms with Gasteiger partial charge in [0.1, 0.15) is 6.54 Å². The van der Waals surface area contributed by atoms with E-state index in [1.54, 1.807) is 35.8 Å². The largest absolute Gasteiger partial charge is 0.480 e. The number of carbonyl (C=O) groups excluding carboxylic acids is 1. The van der Waals surface area contributed by atoms with Gasteiger partial charge in [0, 0.05) is 42.4 Å². The molecule has 0 amide bonds. The molecule has 1 aliphatic carbocycles. The van der Waals surface area contributed by atoms with Crippen molar-refractivity contribution in [1.29, 1.82) is 0 Å². The number of hydrogen-bond acceptors (Lipinski definition) is 5. The average Bonchev–Trinajstić information content (AvgIpc) is 3.38. The van der Waals surface area contributed by atoms with Crippen LogP contribution >= 0.6 is 0 Å². The molecule has 184 valence electrons. The number of fused-ring (bicyclic) bond motifs is 1. The van der Waals surface area contributed by atoms with E-state index in [0.717, 1.165) is 12.8 Å². The summed E-state index contributed by atoms with van der Waals surface area (Å²) in [5.74, 6) is -1.91. The lowest BCUT2D eigenvalue weighted by Gasteiger charge is -2.30. The van der Waals surface area contributed by atoms with Crippen LogP contribution in [0.1, 0.15) is 71.9 Å². The highest BCUT2D eigenvalue weighted by molar-refractivity contribution is 7.89. The Morgan fingerprint density at radius 3 is 2.41 bits per heavy atom. The van der Waals surface area contributed by atoms with Crippen LogP contribution in [0, 0.1) is 12.3 Å². The van der Waals surface area contributed by atoms with Crippen LogP contribution in [0.15, 0.2) is 29.2 Å². The number of ketones is 1. The minimum Gasteiger partial charge on any atom is -0.480 e. The maximum atomic E-state index is 13.5. The van der Waals surface area contributed by atoms with E-state index in [1.807, 2.05) is 13.8 Å². The number of sulfonamides is 1. The van der Waals surface area contributed by atoms with E-state index in [0.29, 0.717) is 54.0 Å². The zero-order valence-corrected chi connectivity index (χ0v) is 20.7. The number of rotatable bonds is 7. The van der Waals surface area contributed by atoms with Crippen LogP contribution in [0.3, 0.4) is 0 Å². The molecule has 2 N–H and O–H groups in total. The van der Waals surface area contributed by atoms with Crippen molar-refractivity contribution in [2.75, 3.05) is 19.7 Å². The molecule has 2 heterocycles. The maximum Gasteiger partial charge on any atom is 0.323 e. The molecule has 2 aliphatic rings. The van der Waals surface area contributed by atoms with Crippen LogP contribution < -0.4 is 0 Å². The fourth-order valence-electron chi connectivity index (χ4n) is 5.54. The Balaban J connectivity index is 1.93. The van der Waals surface area contributed by atoms with Gasteiger partial charge < -0.3 is 14.8 Å². The van der Waals surface area contributed by atoms with Crippen molar-refractivity contribution < 1.29 is 28.2 Å². The smallest absolute Gasteiger partial charge is 0.323 e. The van der Waals surface area contributed by atoms with Gasteiger partial charge in [0.05, 0.1) is 11.5 Å². The Hall–Kier alpha value is -2.49. The van der Waals surface area contributed by atoms with E-state index in [4.69, 9.17) is 0 Å². The normalized spacial score (nSPS) is 19.2. The van der Waals surface area contributed by atoms with Gasteiger partial charge >= 0.3 is 5.97 Å². The Bertz CT molecular complexity index is 1240. The van der Waals surface area contributed by atoms with Crippen LogP contribution in [0.2, 0.25) is 0 Å². The van der Waals surface area contributed by atoms with Crippen LogP contribution in [-0.2, 0) is 27.8 Å². The van der Waals surface area contributed by atoms with Crippen molar-refractivity contribution in [3.63, 3.8) is 0 Å². The number of hydrogen-bond donors (Lipinski definition) is 2. The number of aliphatic carboxylic acids is 1. The van der Waals surface area contributed by atoms with Crippen LogP contribution in [0.25, 0.3) is 0 Å². The highest BCUT2D eigenvalue weighted by atomic mass is 32.2. The summed E-state index contributed by atoms with van der Waals surface area (Å²) >= 11 is 0. The number of aliphatic hydroxyl groups is 1. The van der Waals surface area contributed by atoms with Gasteiger partial charge in [-0.3, -0.25) is 9.59 Å². The number of Topliss-reactive ketones (excluding diaryl/α,β-unsaturated/α-hetero) is 1. The predicted octanol–water partition coefficient (Wildman–Crippen LogP) is 2.94. The van der Waals surface area contributed by atoms with Gasteiger partial charge in [0.25, 0.3) is 0 Å². The number of aliphatic hydroxyl groups excluding tert-OH is 1. The molecule has 1 aromatic heterocycles. The highest BCUT2D eigenvalue weighted by Crippen LogP contribution is 2.43. The van der Waals surface area contributed by atoms with E-state index in [-0.39, 0.29) is 22.6 Å². The highest BCUT2D eigenvalue weighted by Gasteiger charge is 2.40. The summed E-state index contributed by atoms with van der Waals surface area (Å²) in [5.41, 5.74) is 2.29. The lowest BCUT2D eigenvalue weighted by atomic mass is 9.74. The van der Waals surface area contributed by atoms with Crippen molar-refractivity contribution >= 4 is 21.8 Å². The number of aromatic nitrogens is 1. The summed E-state index contributed by atoms with van der Waals surface area (Å²) in [6.07, 6.45) is 2.43. The third kappa shape index (κ3) is 4.21. The number of carboxylic acid groups (broad SMARTS) is 1. The second-order valence-corrected chi connectivity index (χ2v) is 12.0. The molecule has 1 atom stereocenters. The van der Waals surface area contributed by atoms with Gasteiger partial charge in [-0.2, -0.15) is 4.31 Å². The Morgan fingerprint density at radius 2 is 1.79 bits per heavy atom. The molecule has 0 radical (unpaired) electrons. The molecule has 34 heavy (non-hydrogen) atoms. The molecule has 4 rings (SSSR count). The topological polar surface area (TPSA) is 117 Å². The van der Waals surface area contributed by atoms with E-state index in [1.165, 1.54) is 4.31 Å². The molecule has 2 aromatic rings. The molecule has 9 heteroatoms. The maximum absolute atomic E-state index is 13.5. The summed E-state index contributed by atoms with van der Waals surface area (Å²) < 4.78 is 30.1. The molecule has 1 aromatic carbocycles. The Kier molecular flexibility index (Phi) is 6.48. The Morgan fingerprint density at radius 1 is 1.15 bits per heavy atom. The predicted molar refractivity (Wildman–Crippen MR) is 127 cm³/mol. The molecule has 8 nitrogen and oxygen atoms in total. The summed E-state index contributed by atoms with van der Waals surface area (Å²) in [6, 6.07) is 6.61. The zero-order chi connectivity index (χ0) is 24.8. The lowest BCUT2D eigenvalue weighted by molar-refractivity contribution is -0.137. The first kappa shape index (κ1) is 24.6. The quantitative estimate of drug-likeness (QED) is 0.619. The third-order valence-corrected chi connectivity index (χ3v) is 9.02. The van der Waals surface area contributed by atoms with E-state index < -0.39 is 28.5 Å². The summed E-state index contributed by atoms with van der Waals surface area (Å²) in [7, 11) is -3.77. The summed E-state index contributed by atoms with van der Waals surface area (Å²) in [6.45, 7) is 5.90.